The van der Waals surface area contributed by atoms with Crippen LogP contribution in [0.2, 0.25) is 0 Å². The van der Waals surface area contributed by atoms with Crippen molar-refractivity contribution in [2.75, 3.05) is 26.2 Å². The maximum Gasteiger partial charge on any atom is 1.00 e. The zero-order valence-corrected chi connectivity index (χ0v) is 16.1. The van der Waals surface area contributed by atoms with Crippen molar-refractivity contribution in [1.82, 2.24) is 9.80 Å². The first-order valence-electron chi connectivity index (χ1n) is 7.76. The van der Waals surface area contributed by atoms with Crippen LogP contribution in [0.15, 0.2) is 0 Å². The number of carbonyl (C=O) groups is 1. The second kappa shape index (κ2) is 7.42. The van der Waals surface area contributed by atoms with Crippen molar-refractivity contribution in [3.8, 4) is 0 Å². The summed E-state index contributed by atoms with van der Waals surface area (Å²) in [5.41, 5.74) is -0.177. The fourth-order valence-electron chi connectivity index (χ4n) is 3.69. The van der Waals surface area contributed by atoms with Gasteiger partial charge in [-0.2, -0.15) is 12.8 Å². The van der Waals surface area contributed by atoms with E-state index in [-0.39, 0.29) is 63.1 Å². The first kappa shape index (κ1) is 17.2. The summed E-state index contributed by atoms with van der Waals surface area (Å²) in [5.74, 6) is 0. The van der Waals surface area contributed by atoms with Gasteiger partial charge in [0.1, 0.15) is 5.60 Å². The Labute approximate surface area is 165 Å². The molecular weight excluding hydrogens is 279 g/mol. The van der Waals surface area contributed by atoms with Gasteiger partial charge in [0.25, 0.3) is 0 Å². The largest absolute Gasteiger partial charge is 1.00 e. The average Bonchev–Trinajstić information content (AvgIpc) is 2.77. The minimum absolute atomic E-state index is 0. The Bertz CT molecular complexity index is 337. The van der Waals surface area contributed by atoms with Crippen LogP contribution in [0, 0.1) is 6.42 Å². The number of nitrogens with zero attached hydrogens (tertiary/aromatic N) is 2. The third kappa shape index (κ3) is 3.61. The molecule has 1 saturated carbocycles. The third-order valence-corrected chi connectivity index (χ3v) is 5.06. The molecule has 3 rings (SSSR count). The molecule has 0 bridgehead atoms. The fourth-order valence-corrected chi connectivity index (χ4v) is 3.69. The second-order valence-electron chi connectivity index (χ2n) is 6.21. The number of hydrogen-bond donors (Lipinski definition) is 0. The van der Waals surface area contributed by atoms with Crippen molar-refractivity contribution in [3.63, 3.8) is 0 Å². The van der Waals surface area contributed by atoms with Crippen molar-refractivity contribution in [3.05, 3.63) is 6.42 Å². The minimum Gasteiger partial charge on any atom is -0.441 e. The Balaban J connectivity index is 0.00000147. The van der Waals surface area contributed by atoms with E-state index in [9.17, 15) is 4.79 Å². The molecule has 0 radical (unpaired) electrons. The summed E-state index contributed by atoms with van der Waals surface area (Å²) < 4.78 is 5.80. The van der Waals surface area contributed by atoms with E-state index in [1.807, 2.05) is 4.90 Å². The summed E-state index contributed by atoms with van der Waals surface area (Å²) in [6.45, 7) is 6.26. The first-order valence-corrected chi connectivity index (χ1v) is 7.76. The van der Waals surface area contributed by atoms with Crippen LogP contribution >= 0.6 is 0 Å². The van der Waals surface area contributed by atoms with E-state index in [2.05, 4.69) is 18.2 Å². The van der Waals surface area contributed by atoms with Crippen LogP contribution in [0.5, 0.6) is 0 Å². The molecule has 0 aromatic rings. The molecule has 0 N–H and O–H groups in total. The van der Waals surface area contributed by atoms with Crippen LogP contribution in [0.1, 0.15) is 45.4 Å². The Morgan fingerprint density at radius 2 is 1.95 bits per heavy atom. The van der Waals surface area contributed by atoms with Gasteiger partial charge in [-0.3, -0.25) is 0 Å². The second-order valence-corrected chi connectivity index (χ2v) is 6.21. The first-order chi connectivity index (χ1) is 9.22. The molecule has 2 saturated heterocycles. The molecule has 3 fully saturated rings. The van der Waals surface area contributed by atoms with E-state index in [4.69, 9.17) is 4.74 Å². The summed E-state index contributed by atoms with van der Waals surface area (Å²) in [6.07, 6.45) is 8.81. The molecule has 4 nitrogen and oxygen atoms in total. The van der Waals surface area contributed by atoms with Gasteiger partial charge in [0.2, 0.25) is 0 Å². The maximum atomic E-state index is 12.2. The number of rotatable bonds is 2. The predicted molar refractivity (Wildman–Crippen MR) is 73.8 cm³/mol. The Morgan fingerprint density at radius 3 is 2.55 bits per heavy atom. The van der Waals surface area contributed by atoms with Crippen LogP contribution in [-0.4, -0.2) is 53.7 Å². The van der Waals surface area contributed by atoms with Gasteiger partial charge in [0, 0.05) is 32.0 Å². The van der Waals surface area contributed by atoms with Crippen LogP contribution < -0.4 is 51.4 Å². The van der Waals surface area contributed by atoms with Crippen molar-refractivity contribution in [2.24, 2.45) is 0 Å². The molecule has 20 heavy (non-hydrogen) atoms. The zero-order chi connectivity index (χ0) is 13.3. The molecule has 2 aliphatic heterocycles. The topological polar surface area (TPSA) is 32.8 Å². The normalized spacial score (nSPS) is 27.4. The van der Waals surface area contributed by atoms with Crippen LogP contribution in [0.25, 0.3) is 0 Å². The summed E-state index contributed by atoms with van der Waals surface area (Å²) in [7, 11) is 0. The van der Waals surface area contributed by atoms with Crippen molar-refractivity contribution >= 4 is 6.09 Å². The summed E-state index contributed by atoms with van der Waals surface area (Å²) >= 11 is 0. The van der Waals surface area contributed by atoms with Gasteiger partial charge >= 0.3 is 57.5 Å². The molecule has 108 valence electrons. The molecular formula is C15H25KN2O2. The number of piperidine rings is 1. The van der Waals surface area contributed by atoms with Crippen molar-refractivity contribution < 1.29 is 60.9 Å². The molecule has 0 aromatic heterocycles. The van der Waals surface area contributed by atoms with E-state index in [1.54, 1.807) is 0 Å². The zero-order valence-electron chi connectivity index (χ0n) is 12.9. The summed E-state index contributed by atoms with van der Waals surface area (Å²) in [4.78, 5) is 16.6. The number of likely N-dealkylation sites (tertiary alicyclic amines) is 1. The van der Waals surface area contributed by atoms with Gasteiger partial charge in [0.05, 0.1) is 6.54 Å². The predicted octanol–water partition coefficient (Wildman–Crippen LogP) is -0.556. The Kier molecular flexibility index (Phi) is 6.39. The van der Waals surface area contributed by atoms with E-state index in [0.29, 0.717) is 6.04 Å². The maximum absolute atomic E-state index is 12.2. The van der Waals surface area contributed by atoms with Gasteiger partial charge in [0.15, 0.2) is 0 Å². The van der Waals surface area contributed by atoms with Gasteiger partial charge in [-0.1, -0.05) is 19.8 Å². The molecule has 0 unspecified atom stereocenters. The van der Waals surface area contributed by atoms with Crippen LogP contribution in [-0.2, 0) is 4.74 Å². The van der Waals surface area contributed by atoms with E-state index in [0.717, 1.165) is 64.7 Å². The fraction of sp³-hybridized carbons (Fsp3) is 0.867. The van der Waals surface area contributed by atoms with Gasteiger partial charge < -0.3 is 21.0 Å². The van der Waals surface area contributed by atoms with E-state index in [1.165, 1.54) is 0 Å². The molecule has 5 heteroatoms. The molecule has 0 aromatic carbocycles. The van der Waals surface area contributed by atoms with E-state index >= 15 is 0 Å². The minimum atomic E-state index is -0.177. The molecule has 1 aliphatic carbocycles. The third-order valence-electron chi connectivity index (χ3n) is 5.06. The number of amides is 1. The van der Waals surface area contributed by atoms with Gasteiger partial charge in [-0.05, 0) is 6.54 Å². The van der Waals surface area contributed by atoms with Crippen LogP contribution in [0.4, 0.5) is 4.79 Å². The quantitative estimate of drug-likeness (QED) is 0.507. The number of ether oxygens (including phenoxy) is 1. The molecule has 2 heterocycles. The smallest absolute Gasteiger partial charge is 0.441 e. The van der Waals surface area contributed by atoms with Crippen molar-refractivity contribution in [2.45, 2.75) is 57.1 Å². The van der Waals surface area contributed by atoms with Gasteiger partial charge in [-0.25, -0.2) is 4.79 Å². The number of hydrogen-bond acceptors (Lipinski definition) is 3. The SMILES string of the molecule is CCN1CCC2(CC1)CN(C1CC[CH-]CC1)C(=O)O2.[K+]. The Hall–Kier alpha value is 0.866. The Morgan fingerprint density at radius 1 is 1.30 bits per heavy atom. The van der Waals surface area contributed by atoms with E-state index < -0.39 is 0 Å². The summed E-state index contributed by atoms with van der Waals surface area (Å²) in [5, 5.41) is 0. The number of carbonyl (C=O) groups excluding carboxylic acids is 1. The van der Waals surface area contributed by atoms with Gasteiger partial charge in [-0.15, -0.1) is 0 Å². The molecule has 3 aliphatic rings. The van der Waals surface area contributed by atoms with Crippen molar-refractivity contribution in [1.29, 1.82) is 0 Å². The standard InChI is InChI=1S/C15H25N2O2.K/c1-2-16-10-8-15(9-11-16)12-17(14(18)19-15)13-6-4-3-5-7-13;/h3,13H,2,4-12H2,1H3;/q-1;+1. The monoisotopic (exact) mass is 304 g/mol. The molecule has 0 atom stereocenters. The van der Waals surface area contributed by atoms with Crippen LogP contribution in [0.3, 0.4) is 0 Å². The molecule has 1 spiro atoms. The molecule has 1 amide bonds. The summed E-state index contributed by atoms with van der Waals surface area (Å²) in [6, 6.07) is 0.418. The average molecular weight is 304 g/mol.